The van der Waals surface area contributed by atoms with Crippen LogP contribution in [0.2, 0.25) is 0 Å². The first-order valence-corrected chi connectivity index (χ1v) is 52.1. The average Bonchev–Trinajstić information content (AvgIpc) is 1.51. The third-order valence-corrected chi connectivity index (χ3v) is 29.1. The van der Waals surface area contributed by atoms with Gasteiger partial charge >= 0.3 is 35.8 Å². The van der Waals surface area contributed by atoms with E-state index in [9.17, 15) is 67.1 Å². The lowest BCUT2D eigenvalue weighted by atomic mass is 9.77. The highest BCUT2D eigenvalue weighted by atomic mass is 16.6. The van der Waals surface area contributed by atoms with Crippen molar-refractivity contribution in [2.45, 2.75) is 208 Å². The number of ether oxygens (including phenoxy) is 8. The lowest BCUT2D eigenvalue weighted by Gasteiger charge is -2.36. The Bertz CT molecular complexity index is 7120. The van der Waals surface area contributed by atoms with Gasteiger partial charge in [-0.15, -0.1) is 0 Å². The second-order valence-corrected chi connectivity index (χ2v) is 39.2. The van der Waals surface area contributed by atoms with Crippen LogP contribution in [0.15, 0.2) is 218 Å². The number of carbonyl (C=O) groups excluding carboxylic acids is 14. The quantitative estimate of drug-likeness (QED) is 0.0121. The number of aromatic nitrogens is 2. The van der Waals surface area contributed by atoms with Gasteiger partial charge in [0.25, 0.3) is 11.8 Å². The smallest absolute Gasteiger partial charge is 0.340 e. The van der Waals surface area contributed by atoms with E-state index in [2.05, 4.69) is 59.4 Å². The van der Waals surface area contributed by atoms with Crippen molar-refractivity contribution in [1.29, 1.82) is 0 Å². The monoisotopic (exact) mass is 2030 g/mol. The molecule has 6 heterocycles. The van der Waals surface area contributed by atoms with Gasteiger partial charge in [0, 0.05) is 194 Å². The molecule has 0 atom stereocenters. The minimum absolute atomic E-state index is 0.0121. The number of benzene rings is 10. The molecule has 776 valence electrons. The first-order chi connectivity index (χ1) is 72.5. The summed E-state index contributed by atoms with van der Waals surface area (Å²) < 4.78 is 49.9. The summed E-state index contributed by atoms with van der Waals surface area (Å²) in [7, 11) is 0. The molecule has 0 saturated heterocycles. The SMILES string of the molecule is CCc1cccc(N(CC)C(=O)Cn2c(C(=O)CC3CCC(C(=O)NCCCCCCNC(=O)c4ccc5c(c4)C(=O)OC54c5ccc(OC(C)=O)cc5Oc5cc(OC(C)=O)ccc54)CC3)cc3ccccc32)c1.CCc1cccc(N(CC)C(=O)Cn2c(C(=O)CC3CCC(C(=O)NCCCCCCNC(=O)c4ccc5c(c4)C4(OC5=O)c5ccc(OC(C)=O)cc5Oc5cc(OC(C)=O)ccc54)CC3)cc3ccccc32)c1. The van der Waals surface area contributed by atoms with Gasteiger partial charge in [-0.1, -0.05) is 106 Å². The number of rotatable bonds is 38. The van der Waals surface area contributed by atoms with Crippen LogP contribution in [-0.2, 0) is 85.0 Å². The summed E-state index contributed by atoms with van der Waals surface area (Å²) >= 11 is 0. The van der Waals surface area contributed by atoms with Crippen LogP contribution in [-0.4, -0.2) is 131 Å². The van der Waals surface area contributed by atoms with Crippen LogP contribution >= 0.6 is 0 Å². The number of hydrogen-bond acceptors (Lipinski definition) is 22. The summed E-state index contributed by atoms with van der Waals surface area (Å²) in [6.07, 6.45) is 14.9. The topological polar surface area (TPSA) is 377 Å². The van der Waals surface area contributed by atoms with Crippen LogP contribution in [0.1, 0.15) is 278 Å². The van der Waals surface area contributed by atoms with Crippen molar-refractivity contribution in [3.8, 4) is 46.0 Å². The molecule has 30 heteroatoms. The second-order valence-electron chi connectivity index (χ2n) is 39.2. The Labute approximate surface area is 869 Å². The highest BCUT2D eigenvalue weighted by molar-refractivity contribution is 6.06. The molecule has 2 saturated carbocycles. The van der Waals surface area contributed by atoms with Crippen molar-refractivity contribution in [2.24, 2.45) is 23.7 Å². The fraction of sp³-hybridized carbons (Fsp3) is 0.350. The molecule has 6 aliphatic rings. The van der Waals surface area contributed by atoms with Crippen LogP contribution in [0, 0.1) is 23.7 Å². The number of para-hydroxylation sites is 2. The first kappa shape index (κ1) is 105. The van der Waals surface area contributed by atoms with Gasteiger partial charge < -0.3 is 78.1 Å². The number of unbranched alkanes of at least 4 members (excludes halogenated alkanes) is 6. The van der Waals surface area contributed by atoms with Crippen LogP contribution in [0.4, 0.5) is 11.4 Å². The average molecular weight is 2030 g/mol. The molecule has 4 N–H and O–H groups in total. The van der Waals surface area contributed by atoms with Crippen molar-refractivity contribution < 1.29 is 105 Å². The molecule has 30 nitrogen and oxygen atoms in total. The number of amides is 6. The molecule has 2 spiro atoms. The predicted molar refractivity (Wildman–Crippen MR) is 563 cm³/mol. The molecule has 2 aliphatic carbocycles. The minimum atomic E-state index is -1.54. The number of Topliss-reactive ketones (excluding diaryl/α,β-unsaturated/α-hetero) is 2. The number of aryl methyl sites for hydroxylation is 2. The van der Waals surface area contributed by atoms with Crippen molar-refractivity contribution in [1.82, 2.24) is 30.4 Å². The number of anilines is 2. The normalized spacial score (nSPS) is 15.9. The predicted octanol–water partition coefficient (Wildman–Crippen LogP) is 20.3. The van der Waals surface area contributed by atoms with Gasteiger partial charge in [-0.05, 0) is 254 Å². The molecular weight excluding hydrogens is 1910 g/mol. The molecule has 4 aliphatic heterocycles. The number of likely N-dealkylation sites (N-methyl/N-ethyl adjacent to an activating group) is 2. The Kier molecular flexibility index (Phi) is 32.9. The number of nitrogens with one attached hydrogen (secondary N) is 4. The fourth-order valence-electron chi connectivity index (χ4n) is 21.6. The summed E-state index contributed by atoms with van der Waals surface area (Å²) in [4.78, 5) is 187. The summed E-state index contributed by atoms with van der Waals surface area (Å²) in [5.41, 5.74) is 7.60. The summed E-state index contributed by atoms with van der Waals surface area (Å²) in [5.74, 6) is -2.12. The number of hydrogen-bond donors (Lipinski definition) is 4. The highest BCUT2D eigenvalue weighted by Crippen LogP contribution is 2.60. The number of fused-ring (bicyclic) bond motifs is 14. The zero-order valence-corrected chi connectivity index (χ0v) is 85.7. The molecule has 0 bridgehead atoms. The maximum Gasteiger partial charge on any atom is 0.340 e. The Morgan fingerprint density at radius 3 is 1.09 bits per heavy atom. The lowest BCUT2D eigenvalue weighted by Crippen LogP contribution is -2.35. The van der Waals surface area contributed by atoms with Crippen LogP contribution in [0.3, 0.4) is 0 Å². The third kappa shape index (κ3) is 23.2. The Balaban J connectivity index is 0.000000204. The van der Waals surface area contributed by atoms with Gasteiger partial charge in [0.2, 0.25) is 23.6 Å². The van der Waals surface area contributed by atoms with Crippen molar-refractivity contribution in [3.63, 3.8) is 0 Å². The van der Waals surface area contributed by atoms with E-state index in [1.165, 1.54) is 58.0 Å². The largest absolute Gasteiger partial charge is 0.456 e. The van der Waals surface area contributed by atoms with Crippen molar-refractivity contribution in [2.75, 3.05) is 49.1 Å². The van der Waals surface area contributed by atoms with Gasteiger partial charge in [-0.25, -0.2) is 9.59 Å². The molecule has 12 aromatic rings. The van der Waals surface area contributed by atoms with E-state index in [1.807, 2.05) is 108 Å². The summed E-state index contributed by atoms with van der Waals surface area (Å²) in [6.45, 7) is 16.3. The fourth-order valence-corrected chi connectivity index (χ4v) is 21.6. The molecule has 10 aromatic carbocycles. The van der Waals surface area contributed by atoms with E-state index >= 15 is 0 Å². The van der Waals surface area contributed by atoms with Crippen LogP contribution in [0.25, 0.3) is 21.8 Å². The molecule has 6 amide bonds. The first-order valence-electron chi connectivity index (χ1n) is 52.1. The van der Waals surface area contributed by atoms with Gasteiger partial charge in [0.1, 0.15) is 59.1 Å². The van der Waals surface area contributed by atoms with E-state index < -0.39 is 47.0 Å². The molecule has 2 fully saturated rings. The van der Waals surface area contributed by atoms with Crippen molar-refractivity contribution in [3.05, 3.63) is 297 Å². The molecule has 2 aromatic heterocycles. The van der Waals surface area contributed by atoms with Crippen LogP contribution < -0.4 is 59.5 Å². The molecule has 18 rings (SSSR count). The lowest BCUT2D eigenvalue weighted by molar-refractivity contribution is -0.132. The maximum atomic E-state index is 14.0. The summed E-state index contributed by atoms with van der Waals surface area (Å²) in [6, 6.07) is 64.1. The highest BCUT2D eigenvalue weighted by Gasteiger charge is 2.56. The van der Waals surface area contributed by atoms with E-state index in [-0.39, 0.29) is 146 Å². The van der Waals surface area contributed by atoms with E-state index in [4.69, 9.17) is 37.9 Å². The van der Waals surface area contributed by atoms with E-state index in [0.717, 1.165) is 141 Å². The van der Waals surface area contributed by atoms with Gasteiger partial charge in [0.05, 0.1) is 22.5 Å². The van der Waals surface area contributed by atoms with Gasteiger partial charge in [-0.2, -0.15) is 0 Å². The van der Waals surface area contributed by atoms with Crippen LogP contribution in [0.5, 0.6) is 46.0 Å². The standard InChI is InChI=1S/2C60H62N4O11/c1-5-39-14-13-16-44(30-39)63(6-2)56(68)36-64-51-17-10-9-15-42(51)33-52(64)53(67)31-40-18-20-41(21-19-40)57(69)61-28-11-7-8-12-29-62-58(70)43-22-25-48-47(32-43)59(71)75-60(48)49-26-23-45(72-37(3)65)34-54(49)74-55-35-46(73-38(4)66)24-27-50(55)60;1-5-39-14-13-16-44(30-39)63(6-2)56(68)36-64-51-17-10-9-15-42(51)33-52(64)53(67)31-40-18-20-41(21-19-40)57(69)61-28-11-7-8-12-29-62-58(70)43-22-25-47-50(32-43)60(75-59(47)71)48-26-23-45(72-37(3)65)34-54(48)74-55-35-46(73-38(4)66)24-27-49(55)60/h2*9-10,13-17,22-27,30,32-35,40-41H,5-8,11-12,18-21,28-29,31,36H2,1-4H3,(H,61,69)(H,62,70). The number of carbonyl (C=O) groups is 14. The maximum absolute atomic E-state index is 14.0. The number of ketones is 2. The Morgan fingerprint density at radius 1 is 0.353 bits per heavy atom. The molecule has 0 unspecified atom stereocenters. The summed E-state index contributed by atoms with van der Waals surface area (Å²) in [5, 5.41) is 14.0. The van der Waals surface area contributed by atoms with Gasteiger partial charge in [-0.3, -0.25) is 57.5 Å². The second kappa shape index (κ2) is 46.9. The number of esters is 6. The molecule has 150 heavy (non-hydrogen) atoms. The zero-order chi connectivity index (χ0) is 106. The molecule has 0 radical (unpaired) electrons. The number of nitrogens with zero attached hydrogens (tertiary/aromatic N) is 4. The Hall–Kier alpha value is -16.1. The molecular formula is C120H124N8O22. The van der Waals surface area contributed by atoms with Crippen molar-refractivity contribution >= 4 is 116 Å². The van der Waals surface area contributed by atoms with Gasteiger partial charge in [0.15, 0.2) is 22.8 Å². The van der Waals surface area contributed by atoms with E-state index in [0.29, 0.717) is 122 Å². The third-order valence-electron chi connectivity index (χ3n) is 29.1. The Morgan fingerprint density at radius 2 is 0.707 bits per heavy atom. The zero-order valence-electron chi connectivity index (χ0n) is 85.7. The van der Waals surface area contributed by atoms with E-state index in [1.54, 1.807) is 88.7 Å². The minimum Gasteiger partial charge on any atom is -0.456 e.